The highest BCUT2D eigenvalue weighted by molar-refractivity contribution is 7.80. The minimum atomic E-state index is -0.438. The van der Waals surface area contributed by atoms with Crippen LogP contribution >= 0.6 is 12.2 Å². The highest BCUT2D eigenvalue weighted by atomic mass is 32.1. The predicted molar refractivity (Wildman–Crippen MR) is 77.3 cm³/mol. The van der Waals surface area contributed by atoms with E-state index in [4.69, 9.17) is 17.0 Å². The van der Waals surface area contributed by atoms with Gasteiger partial charge in [-0.05, 0) is 36.3 Å². The van der Waals surface area contributed by atoms with Crippen molar-refractivity contribution < 1.29 is 13.9 Å². The molecule has 1 heterocycles. The highest BCUT2D eigenvalue weighted by Crippen LogP contribution is 2.28. The lowest BCUT2D eigenvalue weighted by Crippen LogP contribution is -2.45. The van der Waals surface area contributed by atoms with Crippen molar-refractivity contribution in [2.75, 3.05) is 7.11 Å². The SMILES string of the molecule is CCC1=C(C(=O)OC)[C@H](c2ccc(F)cc2)NC(=S)N1. The number of rotatable bonds is 3. The molecule has 0 unspecified atom stereocenters. The van der Waals surface area contributed by atoms with Crippen LogP contribution in [-0.2, 0) is 9.53 Å². The highest BCUT2D eigenvalue weighted by Gasteiger charge is 2.31. The lowest BCUT2D eigenvalue weighted by atomic mass is 9.94. The Balaban J connectivity index is 2.49. The van der Waals surface area contributed by atoms with E-state index in [9.17, 15) is 9.18 Å². The summed E-state index contributed by atoms with van der Waals surface area (Å²) < 4.78 is 17.9. The van der Waals surface area contributed by atoms with Gasteiger partial charge in [0.05, 0.1) is 18.7 Å². The van der Waals surface area contributed by atoms with Gasteiger partial charge < -0.3 is 15.4 Å². The van der Waals surface area contributed by atoms with Crippen LogP contribution < -0.4 is 10.6 Å². The number of ether oxygens (including phenoxy) is 1. The van der Waals surface area contributed by atoms with E-state index in [0.29, 0.717) is 17.1 Å². The van der Waals surface area contributed by atoms with Gasteiger partial charge in [0, 0.05) is 5.70 Å². The molecule has 0 radical (unpaired) electrons. The van der Waals surface area contributed by atoms with Gasteiger partial charge in [0.15, 0.2) is 5.11 Å². The summed E-state index contributed by atoms with van der Waals surface area (Å²) in [5.74, 6) is -0.761. The Labute approximate surface area is 122 Å². The van der Waals surface area contributed by atoms with Gasteiger partial charge in [0.2, 0.25) is 0 Å². The third-order valence-electron chi connectivity index (χ3n) is 3.12. The van der Waals surface area contributed by atoms with Crippen molar-refractivity contribution in [1.82, 2.24) is 10.6 Å². The molecule has 6 heteroatoms. The number of carbonyl (C=O) groups is 1. The number of nitrogens with one attached hydrogen (secondary N) is 2. The van der Waals surface area contributed by atoms with Crippen LogP contribution in [0.3, 0.4) is 0 Å². The molecule has 20 heavy (non-hydrogen) atoms. The third kappa shape index (κ3) is 2.80. The normalized spacial score (nSPS) is 18.4. The summed E-state index contributed by atoms with van der Waals surface area (Å²) in [6.45, 7) is 1.92. The Kier molecular flexibility index (Phi) is 4.34. The molecule has 1 aromatic rings. The van der Waals surface area contributed by atoms with Gasteiger partial charge >= 0.3 is 5.97 Å². The second-order valence-corrected chi connectivity index (χ2v) is 4.73. The smallest absolute Gasteiger partial charge is 0.337 e. The molecule has 0 amide bonds. The topological polar surface area (TPSA) is 50.4 Å². The van der Waals surface area contributed by atoms with Crippen molar-refractivity contribution in [3.63, 3.8) is 0 Å². The zero-order chi connectivity index (χ0) is 14.7. The summed E-state index contributed by atoms with van der Waals surface area (Å²) in [5, 5.41) is 6.42. The standard InChI is InChI=1S/C14H15FN2O2S/c1-3-10-11(13(18)19-2)12(17-14(20)16-10)8-4-6-9(15)7-5-8/h4-7,12H,3H2,1-2H3,(H2,16,17,20)/t12-/m0/s1. The Bertz CT molecular complexity index is 569. The molecule has 0 saturated heterocycles. The van der Waals surface area contributed by atoms with Crippen molar-refractivity contribution in [1.29, 1.82) is 0 Å². The summed E-state index contributed by atoms with van der Waals surface area (Å²) >= 11 is 5.15. The molecule has 0 aromatic heterocycles. The molecule has 2 N–H and O–H groups in total. The summed E-state index contributed by atoms with van der Waals surface area (Å²) in [4.78, 5) is 12.0. The van der Waals surface area contributed by atoms with Crippen LogP contribution in [0.5, 0.6) is 0 Å². The first kappa shape index (κ1) is 14.5. The molecule has 0 fully saturated rings. The van der Waals surface area contributed by atoms with Crippen LogP contribution in [-0.4, -0.2) is 18.2 Å². The van der Waals surface area contributed by atoms with E-state index in [2.05, 4.69) is 10.6 Å². The van der Waals surface area contributed by atoms with E-state index >= 15 is 0 Å². The Morgan fingerprint density at radius 1 is 1.40 bits per heavy atom. The summed E-state index contributed by atoms with van der Waals surface area (Å²) in [6.07, 6.45) is 0.615. The molecule has 4 nitrogen and oxygen atoms in total. The van der Waals surface area contributed by atoms with E-state index in [-0.39, 0.29) is 5.82 Å². The van der Waals surface area contributed by atoms with Crippen molar-refractivity contribution in [2.24, 2.45) is 0 Å². The zero-order valence-corrected chi connectivity index (χ0v) is 12.0. The van der Waals surface area contributed by atoms with Crippen molar-refractivity contribution in [2.45, 2.75) is 19.4 Å². The molecule has 0 saturated carbocycles. The zero-order valence-electron chi connectivity index (χ0n) is 11.2. The monoisotopic (exact) mass is 294 g/mol. The Hall–Kier alpha value is -1.95. The summed E-state index contributed by atoms with van der Waals surface area (Å²) in [5.41, 5.74) is 1.94. The molecular weight excluding hydrogens is 279 g/mol. The minimum Gasteiger partial charge on any atom is -0.466 e. The number of methoxy groups -OCH3 is 1. The van der Waals surface area contributed by atoms with Gasteiger partial charge in [-0.3, -0.25) is 0 Å². The van der Waals surface area contributed by atoms with Gasteiger partial charge in [-0.15, -0.1) is 0 Å². The maximum Gasteiger partial charge on any atom is 0.337 e. The Morgan fingerprint density at radius 2 is 2.05 bits per heavy atom. The first-order valence-electron chi connectivity index (χ1n) is 6.21. The lowest BCUT2D eigenvalue weighted by Gasteiger charge is -2.30. The maximum absolute atomic E-state index is 13.0. The van der Waals surface area contributed by atoms with Crippen molar-refractivity contribution in [3.05, 3.63) is 46.9 Å². The fourth-order valence-electron chi connectivity index (χ4n) is 2.15. The number of carbonyl (C=O) groups excluding carboxylic acids is 1. The first-order chi connectivity index (χ1) is 9.56. The van der Waals surface area contributed by atoms with Gasteiger partial charge in [0.1, 0.15) is 5.82 Å². The molecule has 2 rings (SSSR count). The number of hydrogen-bond donors (Lipinski definition) is 2. The number of halogens is 1. The first-order valence-corrected chi connectivity index (χ1v) is 6.62. The number of hydrogen-bond acceptors (Lipinski definition) is 3. The van der Waals surface area contributed by atoms with E-state index in [1.165, 1.54) is 19.2 Å². The molecule has 106 valence electrons. The molecule has 1 aliphatic heterocycles. The predicted octanol–water partition coefficient (Wildman–Crippen LogP) is 2.18. The molecular formula is C14H15FN2O2S. The second-order valence-electron chi connectivity index (χ2n) is 4.32. The Morgan fingerprint density at radius 3 is 2.60 bits per heavy atom. The van der Waals surface area contributed by atoms with Crippen LogP contribution in [0.4, 0.5) is 4.39 Å². The summed E-state index contributed by atoms with van der Waals surface area (Å²) in [7, 11) is 1.33. The third-order valence-corrected chi connectivity index (χ3v) is 3.34. The van der Waals surface area contributed by atoms with Crippen LogP contribution in [0.1, 0.15) is 24.9 Å². The number of allylic oxidation sites excluding steroid dienone is 1. The number of thiocarbonyl (C=S) groups is 1. The molecule has 0 aliphatic carbocycles. The van der Waals surface area contributed by atoms with Crippen LogP contribution in [0.25, 0.3) is 0 Å². The molecule has 1 atom stereocenters. The van der Waals surface area contributed by atoms with Gasteiger partial charge in [-0.1, -0.05) is 19.1 Å². The average molecular weight is 294 g/mol. The van der Waals surface area contributed by atoms with Crippen molar-refractivity contribution in [3.8, 4) is 0 Å². The van der Waals surface area contributed by atoms with E-state index in [1.807, 2.05) is 6.92 Å². The average Bonchev–Trinajstić information content (AvgIpc) is 2.46. The largest absolute Gasteiger partial charge is 0.466 e. The van der Waals surface area contributed by atoms with E-state index in [0.717, 1.165) is 11.3 Å². The van der Waals surface area contributed by atoms with Crippen LogP contribution in [0.2, 0.25) is 0 Å². The molecule has 1 aromatic carbocycles. The van der Waals surface area contributed by atoms with E-state index in [1.54, 1.807) is 12.1 Å². The quantitative estimate of drug-likeness (QED) is 0.661. The van der Waals surface area contributed by atoms with Gasteiger partial charge in [0.25, 0.3) is 0 Å². The van der Waals surface area contributed by atoms with Gasteiger partial charge in [-0.25, -0.2) is 9.18 Å². The molecule has 1 aliphatic rings. The second kappa shape index (κ2) is 6.00. The lowest BCUT2D eigenvalue weighted by molar-refractivity contribution is -0.136. The fourth-order valence-corrected chi connectivity index (χ4v) is 2.39. The number of benzene rings is 1. The number of esters is 1. The van der Waals surface area contributed by atoms with Crippen molar-refractivity contribution >= 4 is 23.3 Å². The maximum atomic E-state index is 13.0. The van der Waals surface area contributed by atoms with Crippen LogP contribution in [0.15, 0.2) is 35.5 Å². The molecule has 0 bridgehead atoms. The fraction of sp³-hybridized carbons (Fsp3) is 0.286. The van der Waals surface area contributed by atoms with Gasteiger partial charge in [-0.2, -0.15) is 0 Å². The van der Waals surface area contributed by atoms with E-state index < -0.39 is 12.0 Å². The molecule has 0 spiro atoms. The minimum absolute atomic E-state index is 0.329. The summed E-state index contributed by atoms with van der Waals surface area (Å²) in [6, 6.07) is 5.51. The van der Waals surface area contributed by atoms with Crippen LogP contribution in [0, 0.1) is 5.82 Å².